The number of fused-ring (bicyclic) bond motifs is 2. The summed E-state index contributed by atoms with van der Waals surface area (Å²) >= 11 is 0. The number of hydrogen-bond acceptors (Lipinski definition) is 2. The minimum atomic E-state index is 0.0509. The molecule has 0 fully saturated rings. The molecule has 1 amide bonds. The second-order valence-corrected chi connectivity index (χ2v) is 6.75. The van der Waals surface area contributed by atoms with E-state index in [1.165, 1.54) is 5.56 Å². The van der Waals surface area contributed by atoms with Gasteiger partial charge in [-0.2, -0.15) is 0 Å². The van der Waals surface area contributed by atoms with Gasteiger partial charge in [0.1, 0.15) is 0 Å². The number of para-hydroxylation sites is 1. The average molecular weight is 354 g/mol. The second-order valence-electron chi connectivity index (χ2n) is 6.75. The molecule has 0 spiro atoms. The van der Waals surface area contributed by atoms with Crippen LogP contribution in [0.15, 0.2) is 72.8 Å². The highest BCUT2D eigenvalue weighted by molar-refractivity contribution is 5.95. The summed E-state index contributed by atoms with van der Waals surface area (Å²) < 4.78 is 0. The van der Waals surface area contributed by atoms with E-state index in [0.717, 1.165) is 34.6 Å². The maximum atomic E-state index is 12.3. The number of anilines is 2. The second kappa shape index (κ2) is 7.50. The number of benzene rings is 3. The summed E-state index contributed by atoms with van der Waals surface area (Å²) in [6.07, 6.45) is 4.23. The number of amides is 1. The number of carbonyl (C=O) groups excluding carboxylic acids is 1. The maximum absolute atomic E-state index is 12.3. The first kappa shape index (κ1) is 17.1. The molecule has 134 valence electrons. The quantitative estimate of drug-likeness (QED) is 0.689. The van der Waals surface area contributed by atoms with Crippen molar-refractivity contribution < 1.29 is 4.79 Å². The van der Waals surface area contributed by atoms with Crippen LogP contribution in [0.4, 0.5) is 11.4 Å². The lowest BCUT2D eigenvalue weighted by molar-refractivity contribution is -0.116. The fourth-order valence-electron chi connectivity index (χ4n) is 3.39. The molecular weight excluding hydrogens is 332 g/mol. The fourth-order valence-corrected chi connectivity index (χ4v) is 3.39. The zero-order chi connectivity index (χ0) is 18.6. The molecule has 3 nitrogen and oxygen atoms in total. The smallest absolute Gasteiger partial charge is 0.224 e. The van der Waals surface area contributed by atoms with E-state index >= 15 is 0 Å². The Labute approximate surface area is 160 Å². The summed E-state index contributed by atoms with van der Waals surface area (Å²) in [7, 11) is 0. The van der Waals surface area contributed by atoms with Crippen LogP contribution in [0.1, 0.15) is 29.2 Å². The summed E-state index contributed by atoms with van der Waals surface area (Å²) in [5.74, 6) is 0.0509. The monoisotopic (exact) mass is 354 g/mol. The van der Waals surface area contributed by atoms with Gasteiger partial charge in [0.2, 0.25) is 5.91 Å². The first-order chi connectivity index (χ1) is 13.2. The van der Waals surface area contributed by atoms with Crippen molar-refractivity contribution >= 4 is 29.4 Å². The molecular formula is C24H22N2O. The van der Waals surface area contributed by atoms with Crippen LogP contribution >= 0.6 is 0 Å². The van der Waals surface area contributed by atoms with E-state index in [2.05, 4.69) is 47.8 Å². The minimum Gasteiger partial charge on any atom is -0.381 e. The Balaban J connectivity index is 1.64. The van der Waals surface area contributed by atoms with Crippen molar-refractivity contribution in [1.29, 1.82) is 0 Å². The maximum Gasteiger partial charge on any atom is 0.224 e. The minimum absolute atomic E-state index is 0.0509. The number of carbonyl (C=O) groups is 1. The Hall–Kier alpha value is -3.33. The summed E-state index contributed by atoms with van der Waals surface area (Å²) in [5, 5.41) is 3.49. The summed E-state index contributed by atoms with van der Waals surface area (Å²) in [4.78, 5) is 14.1. The molecule has 3 aromatic rings. The highest BCUT2D eigenvalue weighted by Gasteiger charge is 2.18. The molecule has 1 heterocycles. The Bertz CT molecular complexity index is 992. The zero-order valence-electron chi connectivity index (χ0n) is 15.4. The molecule has 0 saturated carbocycles. The van der Waals surface area contributed by atoms with Gasteiger partial charge in [0, 0.05) is 19.2 Å². The van der Waals surface area contributed by atoms with Crippen molar-refractivity contribution in [3.05, 3.63) is 95.1 Å². The van der Waals surface area contributed by atoms with Crippen molar-refractivity contribution in [2.45, 2.75) is 20.0 Å². The van der Waals surface area contributed by atoms with Crippen LogP contribution in [0.3, 0.4) is 0 Å². The molecule has 0 radical (unpaired) electrons. The van der Waals surface area contributed by atoms with Gasteiger partial charge in [-0.3, -0.25) is 4.79 Å². The van der Waals surface area contributed by atoms with E-state index in [-0.39, 0.29) is 5.91 Å². The third-order valence-corrected chi connectivity index (χ3v) is 4.86. The predicted octanol–water partition coefficient (Wildman–Crippen LogP) is 5.34. The molecule has 1 aliphatic rings. The van der Waals surface area contributed by atoms with Crippen molar-refractivity contribution in [2.75, 3.05) is 10.2 Å². The molecule has 0 aromatic heterocycles. The van der Waals surface area contributed by atoms with Crippen LogP contribution in [0, 0.1) is 0 Å². The predicted molar refractivity (Wildman–Crippen MR) is 112 cm³/mol. The van der Waals surface area contributed by atoms with Gasteiger partial charge < -0.3 is 10.2 Å². The van der Waals surface area contributed by atoms with Gasteiger partial charge >= 0.3 is 0 Å². The molecule has 0 bridgehead atoms. The van der Waals surface area contributed by atoms with Crippen molar-refractivity contribution in [3.63, 3.8) is 0 Å². The standard InChI is InChI=1S/C24H22N2O/c1-18(27)26-17-22-13-14-23(25-16-19-7-3-2-4-8-19)15-21(22)12-11-20-9-5-6-10-24(20)26/h2-15,25H,16-17H2,1H3/b12-11-. The molecule has 0 aliphatic carbocycles. The molecule has 27 heavy (non-hydrogen) atoms. The normalized spacial score (nSPS) is 13.7. The first-order valence-electron chi connectivity index (χ1n) is 9.16. The molecule has 0 atom stereocenters. The average Bonchev–Trinajstić information content (AvgIpc) is 2.69. The lowest BCUT2D eigenvalue weighted by Gasteiger charge is -2.26. The third-order valence-electron chi connectivity index (χ3n) is 4.86. The Morgan fingerprint density at radius 3 is 2.48 bits per heavy atom. The largest absolute Gasteiger partial charge is 0.381 e. The number of hydrogen-bond donors (Lipinski definition) is 1. The lowest BCUT2D eigenvalue weighted by Crippen LogP contribution is -2.29. The topological polar surface area (TPSA) is 32.3 Å². The van der Waals surface area contributed by atoms with E-state index in [1.807, 2.05) is 47.4 Å². The molecule has 4 rings (SSSR count). The lowest BCUT2D eigenvalue weighted by atomic mass is 10.00. The van der Waals surface area contributed by atoms with Gasteiger partial charge in [0.15, 0.2) is 0 Å². The van der Waals surface area contributed by atoms with Gasteiger partial charge in [-0.1, -0.05) is 66.7 Å². The highest BCUT2D eigenvalue weighted by Crippen LogP contribution is 2.30. The van der Waals surface area contributed by atoms with Gasteiger partial charge in [0.25, 0.3) is 0 Å². The summed E-state index contributed by atoms with van der Waals surface area (Å²) in [5.41, 5.74) is 6.61. The highest BCUT2D eigenvalue weighted by atomic mass is 16.2. The molecule has 1 N–H and O–H groups in total. The van der Waals surface area contributed by atoms with Crippen LogP contribution in [0.2, 0.25) is 0 Å². The first-order valence-corrected chi connectivity index (χ1v) is 9.16. The van der Waals surface area contributed by atoms with Gasteiger partial charge in [-0.15, -0.1) is 0 Å². The van der Waals surface area contributed by atoms with E-state index in [1.54, 1.807) is 6.92 Å². The van der Waals surface area contributed by atoms with Crippen molar-refractivity contribution in [1.82, 2.24) is 0 Å². The number of nitrogens with one attached hydrogen (secondary N) is 1. The number of nitrogens with zero attached hydrogens (tertiary/aromatic N) is 1. The van der Waals surface area contributed by atoms with Crippen LogP contribution in [0.25, 0.3) is 12.2 Å². The summed E-state index contributed by atoms with van der Waals surface area (Å²) in [6, 6.07) is 24.7. The Morgan fingerprint density at radius 2 is 1.67 bits per heavy atom. The van der Waals surface area contributed by atoms with E-state index in [4.69, 9.17) is 0 Å². The Morgan fingerprint density at radius 1 is 0.926 bits per heavy atom. The molecule has 3 heteroatoms. The zero-order valence-corrected chi connectivity index (χ0v) is 15.4. The number of rotatable bonds is 3. The molecule has 0 unspecified atom stereocenters. The molecule has 1 aliphatic heterocycles. The van der Waals surface area contributed by atoms with Crippen LogP contribution in [-0.4, -0.2) is 5.91 Å². The van der Waals surface area contributed by atoms with Crippen molar-refractivity contribution in [3.8, 4) is 0 Å². The molecule has 3 aromatic carbocycles. The summed E-state index contributed by atoms with van der Waals surface area (Å²) in [6.45, 7) is 2.98. The SMILES string of the molecule is CC(=O)N1Cc2ccc(NCc3ccccc3)cc2/C=C\c2ccccc21. The van der Waals surface area contributed by atoms with E-state index < -0.39 is 0 Å². The van der Waals surface area contributed by atoms with Crippen LogP contribution in [0.5, 0.6) is 0 Å². The van der Waals surface area contributed by atoms with Crippen LogP contribution < -0.4 is 10.2 Å². The Kier molecular flexibility index (Phi) is 4.75. The van der Waals surface area contributed by atoms with Gasteiger partial charge in [0.05, 0.1) is 12.2 Å². The molecule has 0 saturated heterocycles. The third kappa shape index (κ3) is 3.77. The fraction of sp³-hybridized carbons (Fsp3) is 0.125. The van der Waals surface area contributed by atoms with Crippen LogP contribution in [-0.2, 0) is 17.9 Å². The van der Waals surface area contributed by atoms with E-state index in [0.29, 0.717) is 6.54 Å². The van der Waals surface area contributed by atoms with Crippen molar-refractivity contribution in [2.24, 2.45) is 0 Å². The van der Waals surface area contributed by atoms with E-state index in [9.17, 15) is 4.79 Å². The van der Waals surface area contributed by atoms with Gasteiger partial charge in [-0.05, 0) is 40.5 Å². The van der Waals surface area contributed by atoms with Gasteiger partial charge in [-0.25, -0.2) is 0 Å².